The van der Waals surface area contributed by atoms with Crippen LogP contribution in [0.1, 0.15) is 25.5 Å². The van der Waals surface area contributed by atoms with Gasteiger partial charge < -0.3 is 9.47 Å². The monoisotopic (exact) mass is 217 g/mol. The molecule has 1 aromatic heterocycles. The fraction of sp³-hybridized carbons (Fsp3) is 0.500. The molecule has 0 spiro atoms. The van der Waals surface area contributed by atoms with Crippen LogP contribution in [0.25, 0.3) is 0 Å². The second-order valence-corrected chi connectivity index (χ2v) is 4.04. The van der Waals surface area contributed by atoms with Crippen LogP contribution < -0.4 is 0 Å². The van der Waals surface area contributed by atoms with Crippen LogP contribution in [0.15, 0.2) is 18.3 Å². The highest BCUT2D eigenvalue weighted by Crippen LogP contribution is 2.26. The Morgan fingerprint density at radius 3 is 3.00 bits per heavy atom. The fourth-order valence-electron chi connectivity index (χ4n) is 1.91. The van der Waals surface area contributed by atoms with E-state index in [1.54, 1.807) is 22.9 Å². The standard InChI is InChI=1S/C12H15N3O/c1-2-15(10-5-6-10)12(16)9-14-7-3-4-11(14)8-13/h3-4,7,10H,2,5-6,9H2,1H3. The van der Waals surface area contributed by atoms with Gasteiger partial charge in [0.05, 0.1) is 0 Å². The van der Waals surface area contributed by atoms with E-state index >= 15 is 0 Å². The molecule has 1 saturated carbocycles. The Kier molecular flexibility index (Phi) is 2.95. The van der Waals surface area contributed by atoms with Crippen molar-refractivity contribution in [3.63, 3.8) is 0 Å². The maximum absolute atomic E-state index is 12.0. The van der Waals surface area contributed by atoms with E-state index < -0.39 is 0 Å². The third-order valence-corrected chi connectivity index (χ3v) is 2.90. The van der Waals surface area contributed by atoms with Crippen molar-refractivity contribution in [1.82, 2.24) is 9.47 Å². The van der Waals surface area contributed by atoms with Gasteiger partial charge in [-0.1, -0.05) is 0 Å². The summed E-state index contributed by atoms with van der Waals surface area (Å²) in [6, 6.07) is 6.03. The SMILES string of the molecule is CCN(C(=O)Cn1cccc1C#N)C1CC1. The molecule has 1 aliphatic rings. The van der Waals surface area contributed by atoms with Crippen LogP contribution in [0.2, 0.25) is 0 Å². The maximum atomic E-state index is 12.0. The van der Waals surface area contributed by atoms with E-state index in [9.17, 15) is 4.79 Å². The van der Waals surface area contributed by atoms with Gasteiger partial charge >= 0.3 is 0 Å². The second kappa shape index (κ2) is 4.40. The molecular weight excluding hydrogens is 202 g/mol. The van der Waals surface area contributed by atoms with E-state index in [1.807, 2.05) is 11.8 Å². The normalized spacial score (nSPS) is 14.5. The average Bonchev–Trinajstić information content (AvgIpc) is 3.00. The van der Waals surface area contributed by atoms with Gasteiger partial charge in [-0.2, -0.15) is 5.26 Å². The molecule has 0 aromatic carbocycles. The second-order valence-electron chi connectivity index (χ2n) is 4.04. The van der Waals surface area contributed by atoms with Gasteiger partial charge in [0.1, 0.15) is 18.3 Å². The van der Waals surface area contributed by atoms with E-state index in [4.69, 9.17) is 5.26 Å². The molecule has 1 heterocycles. The van der Waals surface area contributed by atoms with Crippen LogP contribution in [0, 0.1) is 11.3 Å². The zero-order valence-electron chi connectivity index (χ0n) is 9.39. The molecule has 0 atom stereocenters. The molecule has 1 amide bonds. The van der Waals surface area contributed by atoms with Gasteiger partial charge in [0.15, 0.2) is 0 Å². The average molecular weight is 217 g/mol. The summed E-state index contributed by atoms with van der Waals surface area (Å²) in [6.07, 6.45) is 4.02. The van der Waals surface area contributed by atoms with Crippen LogP contribution in [-0.2, 0) is 11.3 Å². The highest BCUT2D eigenvalue weighted by molar-refractivity contribution is 5.76. The minimum atomic E-state index is 0.109. The fourth-order valence-corrected chi connectivity index (χ4v) is 1.91. The first-order valence-corrected chi connectivity index (χ1v) is 5.61. The minimum absolute atomic E-state index is 0.109. The van der Waals surface area contributed by atoms with Crippen molar-refractivity contribution in [3.8, 4) is 6.07 Å². The number of rotatable bonds is 4. The van der Waals surface area contributed by atoms with Crippen LogP contribution in [-0.4, -0.2) is 28.0 Å². The van der Waals surface area contributed by atoms with E-state index in [0.29, 0.717) is 11.7 Å². The Morgan fingerprint density at radius 1 is 1.69 bits per heavy atom. The smallest absolute Gasteiger partial charge is 0.242 e. The topological polar surface area (TPSA) is 49.0 Å². The molecule has 0 N–H and O–H groups in total. The number of hydrogen-bond acceptors (Lipinski definition) is 2. The van der Waals surface area contributed by atoms with Crippen molar-refractivity contribution in [3.05, 3.63) is 24.0 Å². The van der Waals surface area contributed by atoms with Gasteiger partial charge in [-0.15, -0.1) is 0 Å². The molecule has 4 nitrogen and oxygen atoms in total. The Hall–Kier alpha value is -1.76. The summed E-state index contributed by atoms with van der Waals surface area (Å²) >= 11 is 0. The molecule has 84 valence electrons. The third-order valence-electron chi connectivity index (χ3n) is 2.90. The molecule has 0 unspecified atom stereocenters. The first-order valence-electron chi connectivity index (χ1n) is 5.61. The molecule has 1 fully saturated rings. The molecule has 0 bridgehead atoms. The highest BCUT2D eigenvalue weighted by atomic mass is 16.2. The lowest BCUT2D eigenvalue weighted by Crippen LogP contribution is -2.35. The first kappa shape index (κ1) is 10.7. The van der Waals surface area contributed by atoms with Gasteiger partial charge in [0.2, 0.25) is 5.91 Å². The predicted octanol–water partition coefficient (Wildman–Crippen LogP) is 1.37. The number of carbonyl (C=O) groups excluding carboxylic acids is 1. The number of likely N-dealkylation sites (N-methyl/N-ethyl adjacent to an activating group) is 1. The molecule has 0 saturated heterocycles. The lowest BCUT2D eigenvalue weighted by molar-refractivity contribution is -0.132. The number of nitrogens with zero attached hydrogens (tertiary/aromatic N) is 3. The van der Waals surface area contributed by atoms with Crippen molar-refractivity contribution in [2.24, 2.45) is 0 Å². The lowest BCUT2D eigenvalue weighted by atomic mass is 10.4. The summed E-state index contributed by atoms with van der Waals surface area (Å²) in [7, 11) is 0. The van der Waals surface area contributed by atoms with Crippen molar-refractivity contribution in [2.75, 3.05) is 6.54 Å². The number of nitriles is 1. The predicted molar refractivity (Wildman–Crippen MR) is 59.6 cm³/mol. The summed E-state index contributed by atoms with van der Waals surface area (Å²) in [5.41, 5.74) is 0.542. The zero-order chi connectivity index (χ0) is 11.5. The minimum Gasteiger partial charge on any atom is -0.338 e. The van der Waals surface area contributed by atoms with Crippen LogP contribution in [0.4, 0.5) is 0 Å². The first-order chi connectivity index (χ1) is 7.76. The van der Waals surface area contributed by atoms with E-state index in [0.717, 1.165) is 19.4 Å². The molecule has 16 heavy (non-hydrogen) atoms. The van der Waals surface area contributed by atoms with E-state index in [1.165, 1.54) is 0 Å². The van der Waals surface area contributed by atoms with Gasteiger partial charge in [-0.3, -0.25) is 4.79 Å². The maximum Gasteiger partial charge on any atom is 0.242 e. The van der Waals surface area contributed by atoms with Crippen LogP contribution >= 0.6 is 0 Å². The highest BCUT2D eigenvalue weighted by Gasteiger charge is 2.31. The Balaban J connectivity index is 2.04. The molecule has 1 aromatic rings. The number of hydrogen-bond donors (Lipinski definition) is 0. The summed E-state index contributed by atoms with van der Waals surface area (Å²) in [4.78, 5) is 13.9. The van der Waals surface area contributed by atoms with Crippen molar-refractivity contribution in [2.45, 2.75) is 32.4 Å². The Bertz CT molecular complexity index is 426. The lowest BCUT2D eigenvalue weighted by Gasteiger charge is -2.20. The summed E-state index contributed by atoms with van der Waals surface area (Å²) in [6.45, 7) is 3.03. The van der Waals surface area contributed by atoms with Crippen LogP contribution in [0.3, 0.4) is 0 Å². The van der Waals surface area contributed by atoms with E-state index in [2.05, 4.69) is 6.07 Å². The number of carbonyl (C=O) groups is 1. The quantitative estimate of drug-likeness (QED) is 0.764. The molecule has 1 aliphatic carbocycles. The molecule has 4 heteroatoms. The van der Waals surface area contributed by atoms with Crippen molar-refractivity contribution >= 4 is 5.91 Å². The van der Waals surface area contributed by atoms with Gasteiger partial charge in [0.25, 0.3) is 0 Å². The van der Waals surface area contributed by atoms with Crippen LogP contribution in [0.5, 0.6) is 0 Å². The number of amides is 1. The van der Waals surface area contributed by atoms with Gasteiger partial charge in [-0.25, -0.2) is 0 Å². The summed E-state index contributed by atoms with van der Waals surface area (Å²) in [5.74, 6) is 0.109. The Morgan fingerprint density at radius 2 is 2.44 bits per heavy atom. The molecule has 0 radical (unpaired) electrons. The summed E-state index contributed by atoms with van der Waals surface area (Å²) in [5, 5.41) is 8.84. The van der Waals surface area contributed by atoms with E-state index in [-0.39, 0.29) is 12.5 Å². The number of aromatic nitrogens is 1. The molecule has 2 rings (SSSR count). The largest absolute Gasteiger partial charge is 0.338 e. The Labute approximate surface area is 95.1 Å². The van der Waals surface area contributed by atoms with Gasteiger partial charge in [-0.05, 0) is 31.9 Å². The van der Waals surface area contributed by atoms with Crippen molar-refractivity contribution < 1.29 is 4.79 Å². The molecular formula is C12H15N3O. The summed E-state index contributed by atoms with van der Waals surface area (Å²) < 4.78 is 1.70. The zero-order valence-corrected chi connectivity index (χ0v) is 9.39. The van der Waals surface area contributed by atoms with Crippen molar-refractivity contribution in [1.29, 1.82) is 5.26 Å². The third kappa shape index (κ3) is 2.08. The van der Waals surface area contributed by atoms with Gasteiger partial charge in [0, 0.05) is 18.8 Å². The molecule has 0 aliphatic heterocycles.